The van der Waals surface area contributed by atoms with Gasteiger partial charge in [0, 0.05) is 33.2 Å². The molecule has 0 saturated heterocycles. The van der Waals surface area contributed by atoms with Crippen molar-refractivity contribution in [2.75, 3.05) is 14.2 Å². The maximum absolute atomic E-state index is 5.15. The first-order chi connectivity index (χ1) is 13.8. The summed E-state index contributed by atoms with van der Waals surface area (Å²) in [7, 11) is 3.49. The van der Waals surface area contributed by atoms with Gasteiger partial charge in [-0.15, -0.1) is 0 Å². The number of nitrogens with one attached hydrogen (secondary N) is 2. The Balaban J connectivity index is 1.65. The average molecular weight is 399 g/mol. The molecule has 0 bridgehead atoms. The van der Waals surface area contributed by atoms with Crippen molar-refractivity contribution < 1.29 is 4.74 Å². The summed E-state index contributed by atoms with van der Waals surface area (Å²) in [5, 5.41) is 11.6. The van der Waals surface area contributed by atoms with Gasteiger partial charge in [-0.2, -0.15) is 5.10 Å². The number of hydrogen-bond donors (Lipinski definition) is 2. The molecule has 0 aliphatic carbocycles. The van der Waals surface area contributed by atoms with E-state index in [1.807, 2.05) is 11.7 Å². The van der Waals surface area contributed by atoms with E-state index >= 15 is 0 Å². The van der Waals surface area contributed by atoms with Crippen LogP contribution >= 0.6 is 0 Å². The van der Waals surface area contributed by atoms with Gasteiger partial charge >= 0.3 is 0 Å². The summed E-state index contributed by atoms with van der Waals surface area (Å²) >= 11 is 0. The van der Waals surface area contributed by atoms with Crippen molar-refractivity contribution in [3.63, 3.8) is 0 Å². The van der Waals surface area contributed by atoms with E-state index < -0.39 is 0 Å². The number of aliphatic imine (C=N–C) groups is 1. The van der Waals surface area contributed by atoms with Crippen molar-refractivity contribution in [3.8, 4) is 0 Å². The highest BCUT2D eigenvalue weighted by Crippen LogP contribution is 2.25. The van der Waals surface area contributed by atoms with Gasteiger partial charge in [0.05, 0.1) is 6.54 Å². The summed E-state index contributed by atoms with van der Waals surface area (Å²) in [4.78, 5) is 8.99. The molecule has 1 aliphatic heterocycles. The second-order valence-corrected chi connectivity index (χ2v) is 7.97. The van der Waals surface area contributed by atoms with Gasteiger partial charge in [0.25, 0.3) is 0 Å². The second-order valence-electron chi connectivity index (χ2n) is 7.97. The minimum atomic E-state index is 0.273. The Kier molecular flexibility index (Phi) is 6.57. The fourth-order valence-corrected chi connectivity index (χ4v) is 4.07. The first kappa shape index (κ1) is 21.3. The number of aryl methyl sites for hydroxylation is 1. The van der Waals surface area contributed by atoms with Crippen molar-refractivity contribution in [1.82, 2.24) is 25.4 Å². The Hall–Kier alpha value is -2.41. The maximum atomic E-state index is 5.15. The number of methoxy groups -OCH3 is 1. The van der Waals surface area contributed by atoms with E-state index in [-0.39, 0.29) is 6.04 Å². The molecule has 0 spiro atoms. The second kappa shape index (κ2) is 8.95. The Labute approximate surface area is 174 Å². The molecule has 0 saturated carbocycles. The Morgan fingerprint density at radius 1 is 1.10 bits per heavy atom. The lowest BCUT2D eigenvalue weighted by molar-refractivity contribution is 0.177. The molecule has 2 heterocycles. The zero-order valence-electron chi connectivity index (χ0n) is 18.8. The first-order valence-electron chi connectivity index (χ1n) is 10.3. The molecule has 29 heavy (non-hydrogen) atoms. The average Bonchev–Trinajstić information content (AvgIpc) is 3.11. The lowest BCUT2D eigenvalue weighted by Crippen LogP contribution is -2.47. The zero-order valence-corrected chi connectivity index (χ0v) is 18.8. The van der Waals surface area contributed by atoms with Crippen LogP contribution in [0, 0.1) is 34.6 Å². The van der Waals surface area contributed by atoms with Crippen molar-refractivity contribution in [2.45, 2.75) is 73.2 Å². The normalized spacial score (nSPS) is 16.7. The van der Waals surface area contributed by atoms with Gasteiger partial charge < -0.3 is 15.4 Å². The summed E-state index contributed by atoms with van der Waals surface area (Å²) in [5.74, 6) is 2.61. The number of guanidine groups is 1. The van der Waals surface area contributed by atoms with E-state index in [0.29, 0.717) is 6.61 Å². The molecule has 2 N–H and O–H groups in total. The van der Waals surface area contributed by atoms with Crippen LogP contribution in [0.2, 0.25) is 0 Å². The fraction of sp³-hybridized carbons (Fsp3) is 0.591. The summed E-state index contributed by atoms with van der Waals surface area (Å²) in [5.41, 5.74) is 8.25. The van der Waals surface area contributed by atoms with Gasteiger partial charge in [0.15, 0.2) is 11.8 Å². The van der Waals surface area contributed by atoms with Gasteiger partial charge in [-0.05, 0) is 74.4 Å². The SMILES string of the molecule is CN=C(NCc1c(C)c(C)c(C)c(C)c1C)NC1CCc2nc(COC)nn2C1. The number of hydrogen-bond acceptors (Lipinski definition) is 4. The van der Waals surface area contributed by atoms with Gasteiger partial charge in [-0.3, -0.25) is 4.99 Å². The van der Waals surface area contributed by atoms with Gasteiger partial charge in [-0.1, -0.05) is 0 Å². The van der Waals surface area contributed by atoms with Crippen LogP contribution in [0.25, 0.3) is 0 Å². The molecule has 1 unspecified atom stereocenters. The number of benzene rings is 1. The van der Waals surface area contributed by atoms with E-state index in [9.17, 15) is 0 Å². The summed E-state index contributed by atoms with van der Waals surface area (Å²) in [6.45, 7) is 13.1. The highest BCUT2D eigenvalue weighted by Gasteiger charge is 2.22. The predicted octanol–water partition coefficient (Wildman–Crippen LogP) is 2.65. The van der Waals surface area contributed by atoms with E-state index in [0.717, 1.165) is 43.5 Å². The molecule has 0 radical (unpaired) electrons. The van der Waals surface area contributed by atoms with Gasteiger partial charge in [0.2, 0.25) is 0 Å². The third-order valence-electron chi connectivity index (χ3n) is 6.33. The third kappa shape index (κ3) is 4.45. The summed E-state index contributed by atoms with van der Waals surface area (Å²) in [6.07, 6.45) is 1.91. The smallest absolute Gasteiger partial charge is 0.191 e. The van der Waals surface area contributed by atoms with Crippen LogP contribution in [0.3, 0.4) is 0 Å². The number of fused-ring (bicyclic) bond motifs is 1. The molecule has 2 aromatic rings. The largest absolute Gasteiger partial charge is 0.377 e. The molecule has 1 aromatic heterocycles. The molecule has 7 heteroatoms. The Bertz CT molecular complexity index is 886. The van der Waals surface area contributed by atoms with Crippen LogP contribution in [0.15, 0.2) is 4.99 Å². The summed E-state index contributed by atoms with van der Waals surface area (Å²) in [6, 6.07) is 0.273. The molecule has 1 aliphatic rings. The highest BCUT2D eigenvalue weighted by atomic mass is 16.5. The van der Waals surface area contributed by atoms with E-state index in [4.69, 9.17) is 4.74 Å². The van der Waals surface area contributed by atoms with Gasteiger partial charge in [-0.25, -0.2) is 9.67 Å². The number of aromatic nitrogens is 3. The molecule has 158 valence electrons. The van der Waals surface area contributed by atoms with E-state index in [1.165, 1.54) is 33.4 Å². The van der Waals surface area contributed by atoms with Crippen LogP contribution in [0.4, 0.5) is 0 Å². The molecule has 1 atom stereocenters. The Morgan fingerprint density at radius 3 is 2.38 bits per heavy atom. The van der Waals surface area contributed by atoms with Crippen LogP contribution in [0.1, 0.15) is 51.5 Å². The molecule has 0 amide bonds. The maximum Gasteiger partial charge on any atom is 0.191 e. The molecule has 1 aromatic carbocycles. The van der Waals surface area contributed by atoms with Crippen LogP contribution in [-0.4, -0.2) is 40.9 Å². The molecule has 3 rings (SSSR count). The third-order valence-corrected chi connectivity index (χ3v) is 6.33. The lowest BCUT2D eigenvalue weighted by Gasteiger charge is -2.26. The molecular formula is C22H34N6O. The minimum Gasteiger partial charge on any atom is -0.377 e. The minimum absolute atomic E-state index is 0.273. The fourth-order valence-electron chi connectivity index (χ4n) is 4.07. The number of ether oxygens (including phenoxy) is 1. The van der Waals surface area contributed by atoms with Crippen molar-refractivity contribution in [2.24, 2.45) is 4.99 Å². The monoisotopic (exact) mass is 398 g/mol. The number of nitrogens with zero attached hydrogens (tertiary/aromatic N) is 4. The van der Waals surface area contributed by atoms with Crippen LogP contribution in [-0.2, 0) is 30.9 Å². The lowest BCUT2D eigenvalue weighted by atomic mass is 9.89. The molecule has 0 fully saturated rings. The quantitative estimate of drug-likeness (QED) is 0.598. The molecular weight excluding hydrogens is 364 g/mol. The Morgan fingerprint density at radius 2 is 1.76 bits per heavy atom. The van der Waals surface area contributed by atoms with E-state index in [2.05, 4.69) is 60.3 Å². The van der Waals surface area contributed by atoms with Crippen molar-refractivity contribution >= 4 is 5.96 Å². The van der Waals surface area contributed by atoms with E-state index in [1.54, 1.807) is 7.11 Å². The first-order valence-corrected chi connectivity index (χ1v) is 10.3. The van der Waals surface area contributed by atoms with Crippen molar-refractivity contribution in [3.05, 3.63) is 45.0 Å². The standard InChI is InChI=1S/C22H34N6O/c1-13-14(2)16(4)19(17(5)15(13)3)10-24-22(23-6)25-18-8-9-21-26-20(12-29-7)27-28(21)11-18/h18H,8-12H2,1-7H3,(H2,23,24,25). The topological polar surface area (TPSA) is 76.4 Å². The highest BCUT2D eigenvalue weighted by molar-refractivity contribution is 5.80. The number of rotatable bonds is 5. The molecule has 7 nitrogen and oxygen atoms in total. The summed E-state index contributed by atoms with van der Waals surface area (Å²) < 4.78 is 7.14. The zero-order chi connectivity index (χ0) is 21.1. The van der Waals surface area contributed by atoms with Crippen LogP contribution in [0.5, 0.6) is 0 Å². The van der Waals surface area contributed by atoms with Crippen molar-refractivity contribution in [1.29, 1.82) is 0 Å². The van der Waals surface area contributed by atoms with Gasteiger partial charge in [0.1, 0.15) is 12.4 Å². The predicted molar refractivity (Wildman–Crippen MR) is 116 cm³/mol. The van der Waals surface area contributed by atoms with Crippen LogP contribution < -0.4 is 10.6 Å².